The molecule has 1 fully saturated rings. The highest BCUT2D eigenvalue weighted by molar-refractivity contribution is 5.79. The van der Waals surface area contributed by atoms with Gasteiger partial charge in [-0.05, 0) is 22.4 Å². The third kappa shape index (κ3) is 4.87. The number of alkyl halides is 1. The number of tetrazole rings is 1. The van der Waals surface area contributed by atoms with E-state index >= 15 is 0 Å². The number of aromatic nitrogens is 4. The monoisotopic (exact) mass is 408 g/mol. The number of aliphatic hydroxyl groups is 2. The fourth-order valence-corrected chi connectivity index (χ4v) is 3.62. The second kappa shape index (κ2) is 9.55. The molecule has 1 saturated heterocycles. The summed E-state index contributed by atoms with van der Waals surface area (Å²) >= 11 is 0. The molecule has 0 radical (unpaired) electrons. The molecule has 3 rings (SSSR count). The van der Waals surface area contributed by atoms with Crippen molar-refractivity contribution in [1.82, 2.24) is 25.9 Å². The van der Waals surface area contributed by atoms with E-state index in [1.165, 1.54) is 0 Å². The van der Waals surface area contributed by atoms with Gasteiger partial charge in [-0.3, -0.25) is 0 Å². The van der Waals surface area contributed by atoms with E-state index < -0.39 is 18.4 Å². The number of anilines is 1. The van der Waals surface area contributed by atoms with Gasteiger partial charge in [0.25, 0.3) is 0 Å². The first-order chi connectivity index (χ1) is 14.0. The topological polar surface area (TPSA) is 162 Å². The number of halogens is 1. The minimum absolute atomic E-state index is 0.183. The fraction of sp³-hybridized carbons (Fsp3) is 0.611. The maximum absolute atomic E-state index is 14.4. The van der Waals surface area contributed by atoms with Crippen LogP contribution in [0.25, 0.3) is 11.4 Å². The van der Waals surface area contributed by atoms with Gasteiger partial charge >= 0.3 is 0 Å². The fourth-order valence-electron chi connectivity index (χ4n) is 3.62. The van der Waals surface area contributed by atoms with Crippen molar-refractivity contribution < 1.29 is 14.6 Å². The summed E-state index contributed by atoms with van der Waals surface area (Å²) in [5.74, 6) is 0.420. The molecule has 1 atom stereocenters. The van der Waals surface area contributed by atoms with Crippen LogP contribution in [0.4, 0.5) is 10.1 Å². The molecule has 2 heterocycles. The summed E-state index contributed by atoms with van der Waals surface area (Å²) in [7, 11) is 0. The summed E-state index contributed by atoms with van der Waals surface area (Å²) < 4.78 is 14.4. The highest BCUT2D eigenvalue weighted by Crippen LogP contribution is 2.37. The van der Waals surface area contributed by atoms with Crippen molar-refractivity contribution in [1.29, 1.82) is 0 Å². The van der Waals surface area contributed by atoms with Gasteiger partial charge in [0.2, 0.25) is 5.82 Å². The van der Waals surface area contributed by atoms with Gasteiger partial charge in [0.15, 0.2) is 0 Å². The van der Waals surface area contributed by atoms with E-state index in [1.54, 1.807) is 0 Å². The van der Waals surface area contributed by atoms with Gasteiger partial charge in [-0.25, -0.2) is 4.39 Å². The van der Waals surface area contributed by atoms with Crippen molar-refractivity contribution in [3.63, 3.8) is 0 Å². The van der Waals surface area contributed by atoms with Crippen LogP contribution < -0.4 is 21.7 Å². The number of H-pyrrole nitrogens is 1. The predicted molar refractivity (Wildman–Crippen MR) is 107 cm³/mol. The lowest BCUT2D eigenvalue weighted by molar-refractivity contribution is 0.0481. The first-order valence-corrected chi connectivity index (χ1v) is 9.73. The smallest absolute Gasteiger partial charge is 0.207 e. The Bertz CT molecular complexity index is 780. The van der Waals surface area contributed by atoms with E-state index in [0.717, 1.165) is 22.4 Å². The summed E-state index contributed by atoms with van der Waals surface area (Å²) in [6.07, 6.45) is -0.131. The van der Waals surface area contributed by atoms with Gasteiger partial charge in [0.1, 0.15) is 5.67 Å². The average Bonchev–Trinajstić information content (AvgIpc) is 3.28. The van der Waals surface area contributed by atoms with Gasteiger partial charge < -0.3 is 31.9 Å². The van der Waals surface area contributed by atoms with Crippen LogP contribution in [-0.2, 0) is 13.1 Å². The molecule has 1 aliphatic heterocycles. The van der Waals surface area contributed by atoms with E-state index in [4.69, 9.17) is 11.5 Å². The van der Waals surface area contributed by atoms with Crippen molar-refractivity contribution in [2.75, 3.05) is 37.7 Å². The quantitative estimate of drug-likeness (QED) is 0.307. The Morgan fingerprint density at radius 2 is 2.07 bits per heavy atom. The summed E-state index contributed by atoms with van der Waals surface area (Å²) in [6.45, 7) is 1.76. The Balaban J connectivity index is 1.91. The van der Waals surface area contributed by atoms with E-state index in [-0.39, 0.29) is 25.9 Å². The number of piperidine rings is 1. The molecule has 160 valence electrons. The molecule has 10 nitrogen and oxygen atoms in total. The molecule has 0 bridgehead atoms. The molecule has 2 aromatic rings. The zero-order valence-corrected chi connectivity index (χ0v) is 16.3. The zero-order chi connectivity index (χ0) is 20.9. The molecule has 1 aromatic carbocycles. The van der Waals surface area contributed by atoms with Gasteiger partial charge in [-0.15, -0.1) is 10.2 Å². The lowest BCUT2D eigenvalue weighted by Crippen LogP contribution is -2.44. The summed E-state index contributed by atoms with van der Waals surface area (Å²) in [5, 5.41) is 36.5. The van der Waals surface area contributed by atoms with Crippen LogP contribution in [0.3, 0.4) is 0 Å². The number of hydrogen-bond acceptors (Lipinski definition) is 9. The van der Waals surface area contributed by atoms with Crippen molar-refractivity contribution in [3.8, 4) is 11.4 Å². The van der Waals surface area contributed by atoms with Gasteiger partial charge in [-0.2, -0.15) is 5.21 Å². The molecule has 0 aliphatic carbocycles. The van der Waals surface area contributed by atoms with Crippen LogP contribution in [0.15, 0.2) is 12.1 Å². The average molecular weight is 408 g/mol. The number of benzene rings is 1. The highest BCUT2D eigenvalue weighted by atomic mass is 19.1. The van der Waals surface area contributed by atoms with Crippen LogP contribution in [0.2, 0.25) is 0 Å². The molecule has 29 heavy (non-hydrogen) atoms. The van der Waals surface area contributed by atoms with E-state index in [0.29, 0.717) is 32.0 Å². The Labute approximate surface area is 168 Å². The maximum Gasteiger partial charge on any atom is 0.207 e. The van der Waals surface area contributed by atoms with Crippen LogP contribution >= 0.6 is 0 Å². The van der Waals surface area contributed by atoms with Crippen molar-refractivity contribution in [2.45, 2.75) is 37.7 Å². The summed E-state index contributed by atoms with van der Waals surface area (Å²) in [6, 6.07) is 3.91. The third-order valence-corrected chi connectivity index (χ3v) is 5.41. The van der Waals surface area contributed by atoms with E-state index in [1.807, 2.05) is 12.1 Å². The summed E-state index contributed by atoms with van der Waals surface area (Å²) in [5.41, 5.74) is 13.4. The lowest BCUT2D eigenvalue weighted by atomic mass is 9.92. The number of nitrogens with two attached hydrogens (primary N) is 2. The first-order valence-electron chi connectivity index (χ1n) is 9.73. The normalized spacial score (nSPS) is 17.5. The van der Waals surface area contributed by atoms with Crippen LogP contribution in [0.5, 0.6) is 0 Å². The minimum atomic E-state index is -1.53. The molecular weight excluding hydrogens is 379 g/mol. The van der Waals surface area contributed by atoms with Crippen LogP contribution in [-0.4, -0.2) is 75.4 Å². The Morgan fingerprint density at radius 1 is 1.31 bits per heavy atom. The Morgan fingerprint density at radius 3 is 2.66 bits per heavy atom. The molecule has 8 N–H and O–H groups in total. The standard InChI is InChI=1S/C18H29FN8O2/c19-18(11-28)3-5-27(6-4-18)15-2-1-12(9-22-10-13(29)7-20)14(8-21)16(15)17-23-25-26-24-17/h1-2,13,22,28-29H,3-11,20-21H2,(H,23,24,25,26)/t13-/m1/s1. The number of rotatable bonds is 9. The van der Waals surface area contributed by atoms with Gasteiger partial charge in [0.05, 0.1) is 18.3 Å². The summed E-state index contributed by atoms with van der Waals surface area (Å²) in [4.78, 5) is 2.06. The van der Waals surface area contributed by atoms with Gasteiger partial charge in [0, 0.05) is 57.8 Å². The SMILES string of the molecule is NCc1c(CNC[C@H](O)CN)ccc(N2CCC(F)(CO)CC2)c1-c1nn[nH]n1. The Kier molecular flexibility index (Phi) is 7.09. The van der Waals surface area contributed by atoms with Crippen molar-refractivity contribution >= 4 is 5.69 Å². The van der Waals surface area contributed by atoms with Crippen LogP contribution in [0, 0.1) is 0 Å². The minimum Gasteiger partial charge on any atom is -0.393 e. The molecule has 11 heteroatoms. The van der Waals surface area contributed by atoms with Gasteiger partial charge in [-0.1, -0.05) is 6.07 Å². The molecule has 1 aliphatic rings. The molecule has 0 amide bonds. The lowest BCUT2D eigenvalue weighted by Gasteiger charge is -2.37. The highest BCUT2D eigenvalue weighted by Gasteiger charge is 2.35. The van der Waals surface area contributed by atoms with Crippen molar-refractivity contribution in [2.24, 2.45) is 11.5 Å². The number of nitrogens with one attached hydrogen (secondary N) is 2. The number of aromatic amines is 1. The predicted octanol–water partition coefficient (Wildman–Crippen LogP) is -0.965. The molecular formula is C18H29FN8O2. The second-order valence-corrected chi connectivity index (χ2v) is 7.35. The van der Waals surface area contributed by atoms with Crippen LogP contribution in [0.1, 0.15) is 24.0 Å². The Hall–Kier alpha value is -2.18. The second-order valence-electron chi connectivity index (χ2n) is 7.35. The largest absolute Gasteiger partial charge is 0.393 e. The third-order valence-electron chi connectivity index (χ3n) is 5.41. The van der Waals surface area contributed by atoms with E-state index in [2.05, 4.69) is 30.8 Å². The van der Waals surface area contributed by atoms with E-state index in [9.17, 15) is 14.6 Å². The molecule has 1 aromatic heterocycles. The van der Waals surface area contributed by atoms with Crippen molar-refractivity contribution in [3.05, 3.63) is 23.3 Å². The first kappa shape index (κ1) is 21.5. The number of nitrogens with zero attached hydrogens (tertiary/aromatic N) is 4. The number of hydrogen-bond donors (Lipinski definition) is 6. The zero-order valence-electron chi connectivity index (χ0n) is 16.3. The molecule has 0 spiro atoms. The molecule has 0 saturated carbocycles. The number of aliphatic hydroxyl groups excluding tert-OH is 2. The molecule has 0 unspecified atom stereocenters. The maximum atomic E-state index is 14.4.